The van der Waals surface area contributed by atoms with Crippen LogP contribution in [0.4, 0.5) is 0 Å². The predicted molar refractivity (Wildman–Crippen MR) is 130 cm³/mol. The molecule has 0 fully saturated rings. The second kappa shape index (κ2) is 10.1. The Balaban J connectivity index is 1.51. The molecule has 0 aliphatic rings. The van der Waals surface area contributed by atoms with Gasteiger partial charge in [-0.3, -0.25) is 0 Å². The van der Waals surface area contributed by atoms with Gasteiger partial charge in [0.25, 0.3) is 0 Å². The third-order valence-corrected chi connectivity index (χ3v) is 5.62. The van der Waals surface area contributed by atoms with Gasteiger partial charge in [-0.15, -0.1) is 0 Å². The lowest BCUT2D eigenvalue weighted by molar-refractivity contribution is 0.0601. The van der Waals surface area contributed by atoms with Crippen LogP contribution in [0.2, 0.25) is 0 Å². The van der Waals surface area contributed by atoms with Gasteiger partial charge >= 0.3 is 5.97 Å². The first-order valence-electron chi connectivity index (χ1n) is 10.8. The molecule has 0 heterocycles. The van der Waals surface area contributed by atoms with Gasteiger partial charge in [-0.05, 0) is 64.1 Å². The molecule has 0 aliphatic carbocycles. The number of rotatable bonds is 7. The van der Waals surface area contributed by atoms with Crippen molar-refractivity contribution in [3.63, 3.8) is 0 Å². The number of hydrogen-bond donors (Lipinski definition) is 1. The molecule has 0 amide bonds. The van der Waals surface area contributed by atoms with Crippen LogP contribution in [-0.2, 0) is 17.8 Å². The smallest absolute Gasteiger partial charge is 0.338 e. The van der Waals surface area contributed by atoms with E-state index >= 15 is 0 Å². The van der Waals surface area contributed by atoms with E-state index in [2.05, 4.69) is 60.8 Å². The van der Waals surface area contributed by atoms with Crippen LogP contribution < -0.4 is 5.32 Å². The summed E-state index contributed by atoms with van der Waals surface area (Å²) in [5.74, 6) is -0.323. The van der Waals surface area contributed by atoms with E-state index in [0.29, 0.717) is 12.1 Å². The fourth-order valence-electron chi connectivity index (χ4n) is 3.90. The summed E-state index contributed by atoms with van der Waals surface area (Å²) in [6.45, 7) is 3.61. The monoisotopic (exact) mass is 421 g/mol. The van der Waals surface area contributed by atoms with E-state index in [1.54, 1.807) is 0 Å². The summed E-state index contributed by atoms with van der Waals surface area (Å²) in [4.78, 5) is 12.3. The van der Waals surface area contributed by atoms with Crippen molar-refractivity contribution in [1.29, 1.82) is 0 Å². The zero-order chi connectivity index (χ0) is 22.3. The number of methoxy groups -OCH3 is 1. The van der Waals surface area contributed by atoms with Gasteiger partial charge < -0.3 is 10.1 Å². The van der Waals surface area contributed by atoms with E-state index in [-0.39, 0.29) is 5.97 Å². The highest BCUT2D eigenvalue weighted by Crippen LogP contribution is 2.26. The molecule has 3 heteroatoms. The minimum Gasteiger partial charge on any atom is -0.465 e. The van der Waals surface area contributed by atoms with Crippen molar-refractivity contribution < 1.29 is 9.53 Å². The standard InChI is InChI=1S/C29H27NO2/c1-21-13-14-22(17-27(21)24-9-5-3-6-10-24)19-30-20-23-15-16-26(29(31)32-2)28(18-23)25-11-7-4-8-12-25/h3-18,30H,19-20H2,1-2H3. The number of aryl methyl sites for hydroxylation is 1. The van der Waals surface area contributed by atoms with Crippen LogP contribution in [0.15, 0.2) is 97.1 Å². The third kappa shape index (κ3) is 4.96. The zero-order valence-corrected chi connectivity index (χ0v) is 18.5. The molecule has 0 radical (unpaired) electrons. The first-order chi connectivity index (χ1) is 15.7. The summed E-state index contributed by atoms with van der Waals surface area (Å²) in [5.41, 5.74) is 8.59. The highest BCUT2D eigenvalue weighted by atomic mass is 16.5. The maximum Gasteiger partial charge on any atom is 0.338 e. The van der Waals surface area contributed by atoms with Gasteiger partial charge in [-0.1, -0.05) is 78.9 Å². The first-order valence-corrected chi connectivity index (χ1v) is 10.8. The summed E-state index contributed by atoms with van der Waals surface area (Å²) in [7, 11) is 1.41. The molecule has 4 aromatic rings. The molecule has 0 saturated heterocycles. The lowest BCUT2D eigenvalue weighted by Crippen LogP contribution is -2.13. The summed E-state index contributed by atoms with van der Waals surface area (Å²) < 4.78 is 4.98. The quantitative estimate of drug-likeness (QED) is 0.351. The summed E-state index contributed by atoms with van der Waals surface area (Å²) >= 11 is 0. The van der Waals surface area contributed by atoms with Crippen molar-refractivity contribution in [1.82, 2.24) is 5.32 Å². The Morgan fingerprint density at radius 1 is 0.719 bits per heavy atom. The van der Waals surface area contributed by atoms with Crippen molar-refractivity contribution >= 4 is 5.97 Å². The molecule has 0 bridgehead atoms. The van der Waals surface area contributed by atoms with E-state index in [1.807, 2.05) is 48.5 Å². The van der Waals surface area contributed by atoms with Crippen molar-refractivity contribution in [3.05, 3.63) is 119 Å². The Morgan fingerprint density at radius 3 is 1.84 bits per heavy atom. The van der Waals surface area contributed by atoms with Crippen LogP contribution >= 0.6 is 0 Å². The Hall–Kier alpha value is -3.69. The van der Waals surface area contributed by atoms with Crippen molar-refractivity contribution in [2.45, 2.75) is 20.0 Å². The molecule has 160 valence electrons. The Bertz CT molecular complexity index is 1200. The van der Waals surface area contributed by atoms with Crippen molar-refractivity contribution in [2.75, 3.05) is 7.11 Å². The lowest BCUT2D eigenvalue weighted by atomic mass is 9.97. The number of nitrogens with one attached hydrogen (secondary N) is 1. The van der Waals surface area contributed by atoms with Gasteiger partial charge in [0, 0.05) is 13.1 Å². The second-order valence-electron chi connectivity index (χ2n) is 7.86. The summed E-state index contributed by atoms with van der Waals surface area (Å²) in [6.07, 6.45) is 0. The maximum atomic E-state index is 12.3. The highest BCUT2D eigenvalue weighted by Gasteiger charge is 2.14. The van der Waals surface area contributed by atoms with Crippen LogP contribution in [0.5, 0.6) is 0 Å². The molecule has 0 aliphatic heterocycles. The molecule has 0 aromatic heterocycles. The number of benzene rings is 4. The Labute approximate surface area is 189 Å². The molecule has 0 unspecified atom stereocenters. The number of carbonyl (C=O) groups is 1. The SMILES string of the molecule is COC(=O)c1ccc(CNCc2ccc(C)c(-c3ccccc3)c2)cc1-c1ccccc1. The topological polar surface area (TPSA) is 38.3 Å². The molecule has 1 N–H and O–H groups in total. The molecular formula is C29H27NO2. The fraction of sp³-hybridized carbons (Fsp3) is 0.138. The van der Waals surface area contributed by atoms with Crippen molar-refractivity contribution in [2.24, 2.45) is 0 Å². The van der Waals surface area contributed by atoms with Crippen LogP contribution in [0.3, 0.4) is 0 Å². The minimum atomic E-state index is -0.323. The molecule has 4 rings (SSSR count). The molecule has 3 nitrogen and oxygen atoms in total. The maximum absolute atomic E-state index is 12.3. The average Bonchev–Trinajstić information content (AvgIpc) is 2.85. The fourth-order valence-corrected chi connectivity index (χ4v) is 3.90. The van der Waals surface area contributed by atoms with Gasteiger partial charge in [0.15, 0.2) is 0 Å². The van der Waals surface area contributed by atoms with Crippen LogP contribution in [0.25, 0.3) is 22.3 Å². The van der Waals surface area contributed by atoms with Gasteiger partial charge in [0.2, 0.25) is 0 Å². The largest absolute Gasteiger partial charge is 0.465 e. The van der Waals surface area contributed by atoms with E-state index in [4.69, 9.17) is 4.74 Å². The molecule has 0 saturated carbocycles. The third-order valence-electron chi connectivity index (χ3n) is 5.62. The zero-order valence-electron chi connectivity index (χ0n) is 18.5. The van der Waals surface area contributed by atoms with Crippen molar-refractivity contribution in [3.8, 4) is 22.3 Å². The Kier molecular flexibility index (Phi) is 6.78. The number of ether oxygens (including phenoxy) is 1. The first kappa shape index (κ1) is 21.5. The van der Waals surface area contributed by atoms with E-state index in [0.717, 1.165) is 23.2 Å². The molecule has 0 atom stereocenters. The number of esters is 1. The highest BCUT2D eigenvalue weighted by molar-refractivity contribution is 5.97. The molecular weight excluding hydrogens is 394 g/mol. The van der Waals surface area contributed by atoms with Crippen LogP contribution in [0.1, 0.15) is 27.0 Å². The molecule has 0 spiro atoms. The van der Waals surface area contributed by atoms with E-state index in [1.165, 1.54) is 29.4 Å². The lowest BCUT2D eigenvalue weighted by Gasteiger charge is -2.13. The Morgan fingerprint density at radius 2 is 1.25 bits per heavy atom. The second-order valence-corrected chi connectivity index (χ2v) is 7.86. The number of hydrogen-bond acceptors (Lipinski definition) is 3. The number of carbonyl (C=O) groups excluding carboxylic acids is 1. The molecule has 4 aromatic carbocycles. The summed E-state index contributed by atoms with van der Waals surface area (Å²) in [6, 6.07) is 32.9. The van der Waals surface area contributed by atoms with Gasteiger partial charge in [0.05, 0.1) is 12.7 Å². The van der Waals surface area contributed by atoms with Crippen LogP contribution in [0, 0.1) is 6.92 Å². The minimum absolute atomic E-state index is 0.323. The van der Waals surface area contributed by atoms with Gasteiger partial charge in [-0.25, -0.2) is 4.79 Å². The van der Waals surface area contributed by atoms with Crippen LogP contribution in [-0.4, -0.2) is 13.1 Å². The van der Waals surface area contributed by atoms with E-state index in [9.17, 15) is 4.79 Å². The average molecular weight is 422 g/mol. The van der Waals surface area contributed by atoms with Gasteiger partial charge in [-0.2, -0.15) is 0 Å². The molecule has 32 heavy (non-hydrogen) atoms. The predicted octanol–water partition coefficient (Wildman–Crippen LogP) is 6.41. The van der Waals surface area contributed by atoms with E-state index < -0.39 is 0 Å². The van der Waals surface area contributed by atoms with Gasteiger partial charge in [0.1, 0.15) is 0 Å². The normalized spacial score (nSPS) is 10.7. The summed E-state index contributed by atoms with van der Waals surface area (Å²) in [5, 5.41) is 3.54.